The van der Waals surface area contributed by atoms with Crippen LogP contribution in [0.4, 0.5) is 0 Å². The summed E-state index contributed by atoms with van der Waals surface area (Å²) in [5.41, 5.74) is 0.331. The standard InChI is InChI=1S/C7H6O2.C3H6O2.C2H4O2/c8-7(9)6-4-2-1-3-5-6;1-2-3(4)5;1-2(3)4/h1-5H,(H,8,9);2H2,1H3,(H,4,5);1H3,(H,3,4). The monoisotopic (exact) mass is 256 g/mol. The molecule has 6 nitrogen and oxygen atoms in total. The molecule has 0 saturated heterocycles. The van der Waals surface area contributed by atoms with Gasteiger partial charge >= 0.3 is 11.9 Å². The van der Waals surface area contributed by atoms with Gasteiger partial charge in [0, 0.05) is 13.3 Å². The number of carbonyl (C=O) groups is 3. The van der Waals surface area contributed by atoms with Crippen LogP contribution in [0.1, 0.15) is 30.6 Å². The zero-order chi connectivity index (χ0) is 14.6. The molecule has 0 heterocycles. The first-order valence-corrected chi connectivity index (χ1v) is 5.00. The van der Waals surface area contributed by atoms with E-state index in [4.69, 9.17) is 20.1 Å². The van der Waals surface area contributed by atoms with Crippen molar-refractivity contribution in [3.05, 3.63) is 35.9 Å². The minimum absolute atomic E-state index is 0.222. The Kier molecular flexibility index (Phi) is 11.1. The Balaban J connectivity index is 0. The molecule has 100 valence electrons. The maximum atomic E-state index is 10.2. The Morgan fingerprint density at radius 2 is 1.33 bits per heavy atom. The second-order valence-corrected chi connectivity index (χ2v) is 2.94. The molecular formula is C12H16O6. The number of benzene rings is 1. The summed E-state index contributed by atoms with van der Waals surface area (Å²) in [5, 5.41) is 23.5. The summed E-state index contributed by atoms with van der Waals surface area (Å²) in [6.07, 6.45) is 0.222. The van der Waals surface area contributed by atoms with Crippen LogP contribution < -0.4 is 0 Å². The van der Waals surface area contributed by atoms with E-state index in [0.29, 0.717) is 5.56 Å². The summed E-state index contributed by atoms with van der Waals surface area (Å²) in [6, 6.07) is 8.30. The number of hydrogen-bond donors (Lipinski definition) is 3. The quantitative estimate of drug-likeness (QED) is 0.745. The van der Waals surface area contributed by atoms with E-state index in [1.807, 2.05) is 0 Å². The number of aliphatic carboxylic acids is 2. The first-order valence-electron chi connectivity index (χ1n) is 5.00. The van der Waals surface area contributed by atoms with Gasteiger partial charge in [-0.25, -0.2) is 4.79 Å². The van der Waals surface area contributed by atoms with Gasteiger partial charge in [0.2, 0.25) is 0 Å². The van der Waals surface area contributed by atoms with Crippen LogP contribution in [0.2, 0.25) is 0 Å². The number of hydrogen-bond acceptors (Lipinski definition) is 3. The minimum atomic E-state index is -0.879. The highest BCUT2D eigenvalue weighted by molar-refractivity contribution is 5.87. The fourth-order valence-corrected chi connectivity index (χ4v) is 0.581. The van der Waals surface area contributed by atoms with Gasteiger partial charge in [0.15, 0.2) is 0 Å². The molecular weight excluding hydrogens is 240 g/mol. The van der Waals surface area contributed by atoms with Crippen molar-refractivity contribution in [3.8, 4) is 0 Å². The smallest absolute Gasteiger partial charge is 0.335 e. The summed E-state index contributed by atoms with van der Waals surface area (Å²) >= 11 is 0. The van der Waals surface area contributed by atoms with Crippen molar-refractivity contribution in [1.82, 2.24) is 0 Å². The molecule has 0 atom stereocenters. The maximum Gasteiger partial charge on any atom is 0.335 e. The van der Waals surface area contributed by atoms with Crippen molar-refractivity contribution >= 4 is 17.9 Å². The van der Waals surface area contributed by atoms with E-state index in [-0.39, 0.29) is 6.42 Å². The Morgan fingerprint density at radius 3 is 1.50 bits per heavy atom. The van der Waals surface area contributed by atoms with E-state index >= 15 is 0 Å². The molecule has 0 aliphatic rings. The van der Waals surface area contributed by atoms with Crippen LogP contribution in [0.3, 0.4) is 0 Å². The highest BCUT2D eigenvalue weighted by Crippen LogP contribution is 1.96. The average molecular weight is 256 g/mol. The molecule has 18 heavy (non-hydrogen) atoms. The summed E-state index contributed by atoms with van der Waals surface area (Å²) in [5.74, 6) is -2.46. The van der Waals surface area contributed by atoms with Crippen LogP contribution in [-0.2, 0) is 9.59 Å². The lowest BCUT2D eigenvalue weighted by Gasteiger charge is -1.88. The van der Waals surface area contributed by atoms with Gasteiger partial charge in [-0.15, -0.1) is 0 Å². The van der Waals surface area contributed by atoms with Gasteiger partial charge in [-0.2, -0.15) is 0 Å². The largest absolute Gasteiger partial charge is 0.481 e. The molecule has 0 aliphatic heterocycles. The van der Waals surface area contributed by atoms with Crippen LogP contribution in [0, 0.1) is 0 Å². The number of carboxylic acids is 3. The Labute approximate surface area is 104 Å². The molecule has 0 spiro atoms. The second kappa shape index (κ2) is 11.1. The number of carboxylic acid groups (broad SMARTS) is 3. The minimum Gasteiger partial charge on any atom is -0.481 e. The fraction of sp³-hybridized carbons (Fsp3) is 0.250. The molecule has 0 aromatic heterocycles. The molecule has 1 rings (SSSR count). The first kappa shape index (κ1) is 18.0. The third-order valence-corrected chi connectivity index (χ3v) is 1.32. The molecule has 3 N–H and O–H groups in total. The molecule has 1 aromatic rings. The van der Waals surface area contributed by atoms with Crippen LogP contribution in [0.25, 0.3) is 0 Å². The van der Waals surface area contributed by atoms with E-state index in [2.05, 4.69) is 0 Å². The second-order valence-electron chi connectivity index (χ2n) is 2.94. The normalized spacial score (nSPS) is 7.89. The van der Waals surface area contributed by atoms with Crippen LogP contribution in [0.5, 0.6) is 0 Å². The van der Waals surface area contributed by atoms with Crippen molar-refractivity contribution in [3.63, 3.8) is 0 Å². The summed E-state index contributed by atoms with van der Waals surface area (Å²) in [7, 11) is 0. The van der Waals surface area contributed by atoms with Crippen molar-refractivity contribution in [2.75, 3.05) is 0 Å². The lowest BCUT2D eigenvalue weighted by Crippen LogP contribution is -1.93. The van der Waals surface area contributed by atoms with E-state index in [9.17, 15) is 9.59 Å². The van der Waals surface area contributed by atoms with Gasteiger partial charge < -0.3 is 15.3 Å². The fourth-order valence-electron chi connectivity index (χ4n) is 0.581. The Bertz CT molecular complexity index is 367. The maximum absolute atomic E-state index is 10.2. The molecule has 0 fully saturated rings. The van der Waals surface area contributed by atoms with Crippen LogP contribution >= 0.6 is 0 Å². The van der Waals surface area contributed by atoms with Crippen molar-refractivity contribution in [2.45, 2.75) is 20.3 Å². The lowest BCUT2D eigenvalue weighted by atomic mass is 10.2. The highest BCUT2D eigenvalue weighted by Gasteiger charge is 1.96. The number of rotatable bonds is 2. The van der Waals surface area contributed by atoms with E-state index < -0.39 is 17.9 Å². The zero-order valence-corrected chi connectivity index (χ0v) is 10.2. The SMILES string of the molecule is CC(=O)O.CCC(=O)O.O=C(O)c1ccccc1. The summed E-state index contributed by atoms with van der Waals surface area (Å²) in [4.78, 5) is 28.6. The molecule has 0 bridgehead atoms. The Morgan fingerprint density at radius 1 is 1.00 bits per heavy atom. The van der Waals surface area contributed by atoms with Gasteiger partial charge in [-0.3, -0.25) is 9.59 Å². The van der Waals surface area contributed by atoms with Gasteiger partial charge in [-0.05, 0) is 12.1 Å². The highest BCUT2D eigenvalue weighted by atomic mass is 16.4. The van der Waals surface area contributed by atoms with Gasteiger partial charge in [0.1, 0.15) is 0 Å². The van der Waals surface area contributed by atoms with Crippen molar-refractivity contribution < 1.29 is 29.7 Å². The first-order chi connectivity index (χ1) is 8.31. The predicted molar refractivity (Wildman–Crippen MR) is 64.6 cm³/mol. The lowest BCUT2D eigenvalue weighted by molar-refractivity contribution is -0.137. The molecule has 0 aliphatic carbocycles. The van der Waals surface area contributed by atoms with Crippen molar-refractivity contribution in [2.24, 2.45) is 0 Å². The van der Waals surface area contributed by atoms with Gasteiger partial charge in [0.05, 0.1) is 5.56 Å². The molecule has 1 aromatic carbocycles. The topological polar surface area (TPSA) is 112 Å². The Hall–Kier alpha value is -2.37. The van der Waals surface area contributed by atoms with E-state index in [1.54, 1.807) is 37.3 Å². The van der Waals surface area contributed by atoms with E-state index in [1.165, 1.54) is 0 Å². The number of aromatic carboxylic acids is 1. The van der Waals surface area contributed by atoms with Gasteiger partial charge in [-0.1, -0.05) is 25.1 Å². The van der Waals surface area contributed by atoms with E-state index in [0.717, 1.165) is 6.92 Å². The zero-order valence-electron chi connectivity index (χ0n) is 10.2. The average Bonchev–Trinajstić information content (AvgIpc) is 2.30. The van der Waals surface area contributed by atoms with Crippen LogP contribution in [-0.4, -0.2) is 33.2 Å². The predicted octanol–water partition coefficient (Wildman–Crippen LogP) is 1.96. The molecule has 0 amide bonds. The summed E-state index contributed by atoms with van der Waals surface area (Å²) < 4.78 is 0. The third-order valence-electron chi connectivity index (χ3n) is 1.32. The molecule has 0 radical (unpaired) electrons. The van der Waals surface area contributed by atoms with Crippen LogP contribution in [0.15, 0.2) is 30.3 Å². The summed E-state index contributed by atoms with van der Waals surface area (Å²) in [6.45, 7) is 2.68. The molecule has 0 unspecified atom stereocenters. The van der Waals surface area contributed by atoms with Gasteiger partial charge in [0.25, 0.3) is 5.97 Å². The van der Waals surface area contributed by atoms with Crippen molar-refractivity contribution in [1.29, 1.82) is 0 Å². The molecule has 0 saturated carbocycles. The molecule has 6 heteroatoms. The third kappa shape index (κ3) is 16.1.